The van der Waals surface area contributed by atoms with Crippen molar-refractivity contribution < 1.29 is 19.7 Å². The van der Waals surface area contributed by atoms with E-state index in [2.05, 4.69) is 20.6 Å². The van der Waals surface area contributed by atoms with Crippen LogP contribution >= 0.6 is 0 Å². The predicted octanol–water partition coefficient (Wildman–Crippen LogP) is 0.0167. The summed E-state index contributed by atoms with van der Waals surface area (Å²) < 4.78 is 5.41. The molecule has 4 atom stereocenters. The summed E-state index contributed by atoms with van der Waals surface area (Å²) in [5.41, 5.74) is 25.8. The SMILES string of the molecule is COc1ccc(NC(=O)c2ccc(O)cc2O)c(Nc2nc(N3C[C@H](N)C[C@H](N)C3)nc(N3C[C@H](N)C[C@H](N)C3)n2)c1. The van der Waals surface area contributed by atoms with Gasteiger partial charge in [0.1, 0.15) is 17.2 Å². The Morgan fingerprint density at radius 1 is 0.833 bits per heavy atom. The van der Waals surface area contributed by atoms with Gasteiger partial charge in [-0.2, -0.15) is 15.0 Å². The number of carbonyl (C=O) groups excluding carboxylic acids is 1. The number of hydrogen-bond donors (Lipinski definition) is 8. The second-order valence-electron chi connectivity index (χ2n) is 10.8. The number of aromatic hydroxyl groups is 2. The van der Waals surface area contributed by atoms with E-state index in [1.165, 1.54) is 19.2 Å². The lowest BCUT2D eigenvalue weighted by Gasteiger charge is -2.37. The fourth-order valence-corrected chi connectivity index (χ4v) is 5.26. The van der Waals surface area contributed by atoms with E-state index in [0.717, 1.165) is 6.07 Å². The van der Waals surface area contributed by atoms with Crippen molar-refractivity contribution >= 4 is 35.1 Å². The third kappa shape index (κ3) is 6.71. The second-order valence-corrected chi connectivity index (χ2v) is 10.8. The van der Waals surface area contributed by atoms with Crippen LogP contribution in [0.15, 0.2) is 36.4 Å². The van der Waals surface area contributed by atoms with E-state index in [1.54, 1.807) is 18.2 Å². The first-order valence-corrected chi connectivity index (χ1v) is 13.6. The zero-order chi connectivity index (χ0) is 30.0. The van der Waals surface area contributed by atoms with Crippen molar-refractivity contribution in [2.45, 2.75) is 37.0 Å². The van der Waals surface area contributed by atoms with Gasteiger partial charge in [-0.25, -0.2) is 0 Å². The van der Waals surface area contributed by atoms with Crippen LogP contribution in [0.3, 0.4) is 0 Å². The molecule has 224 valence electrons. The van der Waals surface area contributed by atoms with E-state index >= 15 is 0 Å². The summed E-state index contributed by atoms with van der Waals surface area (Å²) in [6, 6.07) is 8.16. The molecule has 0 unspecified atom stereocenters. The van der Waals surface area contributed by atoms with Gasteiger partial charge in [-0.15, -0.1) is 0 Å². The van der Waals surface area contributed by atoms with Crippen LogP contribution in [0.4, 0.5) is 29.2 Å². The number of aromatic nitrogens is 3. The van der Waals surface area contributed by atoms with Gasteiger partial charge < -0.3 is 58.3 Å². The first-order valence-electron chi connectivity index (χ1n) is 13.6. The van der Waals surface area contributed by atoms with Crippen molar-refractivity contribution in [1.29, 1.82) is 0 Å². The summed E-state index contributed by atoms with van der Waals surface area (Å²) in [5.74, 6) is 0.378. The Morgan fingerprint density at radius 2 is 1.40 bits per heavy atom. The molecule has 12 N–H and O–H groups in total. The van der Waals surface area contributed by atoms with Gasteiger partial charge in [-0.3, -0.25) is 4.79 Å². The van der Waals surface area contributed by atoms with Gasteiger partial charge in [0.25, 0.3) is 5.91 Å². The Bertz CT molecular complexity index is 1380. The molecule has 2 fully saturated rings. The zero-order valence-electron chi connectivity index (χ0n) is 23.3. The minimum absolute atomic E-state index is 0.0187. The molecule has 0 bridgehead atoms. The molecular weight excluding hydrogens is 542 g/mol. The number of nitrogens with two attached hydrogens (primary N) is 4. The van der Waals surface area contributed by atoms with Crippen LogP contribution in [0.5, 0.6) is 17.2 Å². The molecule has 42 heavy (non-hydrogen) atoms. The molecule has 0 radical (unpaired) electrons. The van der Waals surface area contributed by atoms with Gasteiger partial charge in [0, 0.05) is 62.5 Å². The van der Waals surface area contributed by atoms with Crippen LogP contribution in [0, 0.1) is 0 Å². The molecule has 3 aromatic rings. The van der Waals surface area contributed by atoms with E-state index < -0.39 is 5.91 Å². The molecule has 15 nitrogen and oxygen atoms in total. The number of carbonyl (C=O) groups is 1. The molecular formula is C27H37N11O4. The maximum absolute atomic E-state index is 13.0. The van der Waals surface area contributed by atoms with E-state index in [9.17, 15) is 15.0 Å². The van der Waals surface area contributed by atoms with Crippen LogP contribution in [-0.4, -0.2) is 88.5 Å². The molecule has 0 saturated carbocycles. The molecule has 0 aliphatic carbocycles. The number of benzene rings is 2. The lowest BCUT2D eigenvalue weighted by atomic mass is 10.0. The molecule has 2 aromatic carbocycles. The normalized spacial score (nSPS) is 22.5. The van der Waals surface area contributed by atoms with Crippen LogP contribution < -0.4 is 48.1 Å². The molecule has 1 amide bonds. The Morgan fingerprint density at radius 3 is 1.93 bits per heavy atom. The predicted molar refractivity (Wildman–Crippen MR) is 159 cm³/mol. The van der Waals surface area contributed by atoms with Crippen molar-refractivity contribution in [2.75, 3.05) is 53.7 Å². The highest BCUT2D eigenvalue weighted by molar-refractivity contribution is 6.07. The van der Waals surface area contributed by atoms with Crippen LogP contribution in [0.25, 0.3) is 0 Å². The van der Waals surface area contributed by atoms with Gasteiger partial charge in [0.05, 0.1) is 24.0 Å². The van der Waals surface area contributed by atoms with Gasteiger partial charge in [0.15, 0.2) is 0 Å². The molecule has 1 aromatic heterocycles. The Kier molecular flexibility index (Phi) is 8.44. The number of phenols is 2. The topological polar surface area (TPSA) is 240 Å². The van der Waals surface area contributed by atoms with E-state index in [4.69, 9.17) is 32.7 Å². The van der Waals surface area contributed by atoms with E-state index in [0.29, 0.717) is 68.0 Å². The van der Waals surface area contributed by atoms with Gasteiger partial charge in [-0.05, 0) is 37.1 Å². The van der Waals surface area contributed by atoms with Crippen molar-refractivity contribution in [3.8, 4) is 17.2 Å². The quantitative estimate of drug-likeness (QED) is 0.184. The highest BCUT2D eigenvalue weighted by Crippen LogP contribution is 2.32. The van der Waals surface area contributed by atoms with Gasteiger partial charge in [-0.1, -0.05) is 0 Å². The molecule has 2 aliphatic heterocycles. The smallest absolute Gasteiger partial charge is 0.259 e. The van der Waals surface area contributed by atoms with Crippen LogP contribution in [0.1, 0.15) is 23.2 Å². The van der Waals surface area contributed by atoms with Crippen LogP contribution in [-0.2, 0) is 0 Å². The zero-order valence-corrected chi connectivity index (χ0v) is 23.3. The Balaban J connectivity index is 1.50. The maximum Gasteiger partial charge on any atom is 0.259 e. The largest absolute Gasteiger partial charge is 0.508 e. The molecule has 2 saturated heterocycles. The molecule has 0 spiro atoms. The number of nitrogens with zero attached hydrogens (tertiary/aromatic N) is 5. The first-order chi connectivity index (χ1) is 20.1. The van der Waals surface area contributed by atoms with E-state index in [1.807, 2.05) is 9.80 Å². The third-order valence-corrected chi connectivity index (χ3v) is 7.16. The molecule has 2 aliphatic rings. The Labute approximate surface area is 242 Å². The lowest BCUT2D eigenvalue weighted by molar-refractivity contribution is 0.102. The van der Waals surface area contributed by atoms with E-state index in [-0.39, 0.29) is 47.2 Å². The molecule has 5 rings (SSSR count). The number of piperidine rings is 2. The average molecular weight is 580 g/mol. The third-order valence-electron chi connectivity index (χ3n) is 7.16. The summed E-state index contributed by atoms with van der Waals surface area (Å²) in [4.78, 5) is 31.0. The van der Waals surface area contributed by atoms with Crippen molar-refractivity contribution in [2.24, 2.45) is 22.9 Å². The van der Waals surface area contributed by atoms with Crippen LogP contribution in [0.2, 0.25) is 0 Å². The number of rotatable bonds is 7. The standard InChI is InChI=1S/C27H37N11O4/c1-42-19-3-5-21(32-24(41)20-4-2-18(39)8-23(20)40)22(9-19)33-25-34-26(37-10-14(28)6-15(29)11-37)36-27(35-25)38-12-16(30)7-17(31)13-38/h2-5,8-9,14-17,39-40H,6-7,10-13,28-31H2,1H3,(H,32,41)(H,33,34,35,36)/t14-,15+,16-,17+. The lowest BCUT2D eigenvalue weighted by Crippen LogP contribution is -2.54. The summed E-state index contributed by atoms with van der Waals surface area (Å²) in [7, 11) is 1.52. The summed E-state index contributed by atoms with van der Waals surface area (Å²) in [6.45, 7) is 2.08. The number of nitrogens with one attached hydrogen (secondary N) is 2. The summed E-state index contributed by atoms with van der Waals surface area (Å²) >= 11 is 0. The maximum atomic E-state index is 13.0. The first kappa shape index (κ1) is 29.1. The van der Waals surface area contributed by atoms with Crippen molar-refractivity contribution in [3.63, 3.8) is 0 Å². The number of anilines is 5. The number of methoxy groups -OCH3 is 1. The average Bonchev–Trinajstić information content (AvgIpc) is 2.92. The minimum atomic E-state index is -0.592. The minimum Gasteiger partial charge on any atom is -0.508 e. The number of amides is 1. The van der Waals surface area contributed by atoms with Gasteiger partial charge >= 0.3 is 0 Å². The summed E-state index contributed by atoms with van der Waals surface area (Å²) in [6.07, 6.45) is 1.39. The monoisotopic (exact) mass is 579 g/mol. The number of phenolic OH excluding ortho intramolecular Hbond substituents is 2. The fraction of sp³-hybridized carbons (Fsp3) is 0.407. The molecule has 15 heteroatoms. The number of ether oxygens (including phenoxy) is 1. The Hall–Kier alpha value is -4.44. The number of hydrogen-bond acceptors (Lipinski definition) is 14. The highest BCUT2D eigenvalue weighted by Gasteiger charge is 2.29. The van der Waals surface area contributed by atoms with Crippen molar-refractivity contribution in [1.82, 2.24) is 15.0 Å². The second kappa shape index (κ2) is 12.2. The fourth-order valence-electron chi connectivity index (χ4n) is 5.26. The molecule has 3 heterocycles. The summed E-state index contributed by atoms with van der Waals surface area (Å²) in [5, 5.41) is 25.8. The van der Waals surface area contributed by atoms with Gasteiger partial charge in [0.2, 0.25) is 17.8 Å². The highest BCUT2D eigenvalue weighted by atomic mass is 16.5. The van der Waals surface area contributed by atoms with Crippen molar-refractivity contribution in [3.05, 3.63) is 42.0 Å².